The van der Waals surface area contributed by atoms with Crippen molar-refractivity contribution in [3.8, 4) is 11.3 Å². The summed E-state index contributed by atoms with van der Waals surface area (Å²) in [6.07, 6.45) is 8.53. The number of nitrogens with zero attached hydrogens (tertiary/aromatic N) is 6. The predicted molar refractivity (Wildman–Crippen MR) is 156 cm³/mol. The number of hydrogen-bond donors (Lipinski definition) is 3. The predicted octanol–water partition coefficient (Wildman–Crippen LogP) is 3.95. The Morgan fingerprint density at radius 3 is 2.75 bits per heavy atom. The SMILES string of the molecule is CN(C)C/C=C/C(=O)Nc1cccc(-c2nccc3cnc(Nc4ccc(NC5CN(CCF)C5)nc4)nc23)c1. The van der Waals surface area contributed by atoms with Gasteiger partial charge in [-0.2, -0.15) is 0 Å². The number of hydrogen-bond acceptors (Lipinski definition) is 9. The van der Waals surface area contributed by atoms with Crippen LogP contribution in [-0.4, -0.2) is 88.6 Å². The number of carbonyl (C=O) groups excluding carboxylic acids is 1. The van der Waals surface area contributed by atoms with E-state index in [1.807, 2.05) is 67.5 Å². The Morgan fingerprint density at radius 1 is 1.10 bits per heavy atom. The third kappa shape index (κ3) is 6.93. The Hall–Kier alpha value is -4.48. The Bertz CT molecular complexity index is 1490. The van der Waals surface area contributed by atoms with Crippen LogP contribution in [0.4, 0.5) is 27.5 Å². The number of carbonyl (C=O) groups is 1. The molecule has 10 nitrogen and oxygen atoms in total. The Kier molecular flexibility index (Phi) is 8.53. The number of aromatic nitrogens is 4. The number of likely N-dealkylation sites (tertiary alicyclic amines) is 1. The van der Waals surface area contributed by atoms with E-state index in [1.54, 1.807) is 18.6 Å². The van der Waals surface area contributed by atoms with Gasteiger partial charge < -0.3 is 20.9 Å². The maximum absolute atomic E-state index is 12.4. The molecule has 40 heavy (non-hydrogen) atoms. The normalized spacial score (nSPS) is 14.0. The van der Waals surface area contributed by atoms with Crippen molar-refractivity contribution >= 4 is 40.0 Å². The maximum Gasteiger partial charge on any atom is 0.248 e. The van der Waals surface area contributed by atoms with E-state index in [-0.39, 0.29) is 18.6 Å². The highest BCUT2D eigenvalue weighted by Crippen LogP contribution is 2.28. The lowest BCUT2D eigenvalue weighted by atomic mass is 10.1. The molecule has 3 N–H and O–H groups in total. The topological polar surface area (TPSA) is 111 Å². The summed E-state index contributed by atoms with van der Waals surface area (Å²) in [5.74, 6) is 0.988. The first-order valence-electron chi connectivity index (χ1n) is 13.1. The molecule has 11 heteroatoms. The smallest absolute Gasteiger partial charge is 0.248 e. The minimum absolute atomic E-state index is 0.194. The fourth-order valence-electron chi connectivity index (χ4n) is 4.38. The number of amides is 1. The molecule has 0 spiro atoms. The van der Waals surface area contributed by atoms with Gasteiger partial charge in [-0.05, 0) is 44.4 Å². The first-order chi connectivity index (χ1) is 19.5. The second-order valence-corrected chi connectivity index (χ2v) is 9.87. The molecule has 1 aliphatic heterocycles. The van der Waals surface area contributed by atoms with E-state index in [4.69, 9.17) is 4.98 Å². The van der Waals surface area contributed by atoms with Crippen molar-refractivity contribution in [2.75, 3.05) is 62.9 Å². The lowest BCUT2D eigenvalue weighted by Crippen LogP contribution is -2.55. The zero-order valence-electron chi connectivity index (χ0n) is 22.5. The number of nitrogens with one attached hydrogen (secondary N) is 3. The minimum Gasteiger partial charge on any atom is -0.365 e. The fourth-order valence-corrected chi connectivity index (χ4v) is 4.38. The Morgan fingerprint density at radius 2 is 1.98 bits per heavy atom. The second kappa shape index (κ2) is 12.6. The van der Waals surface area contributed by atoms with Gasteiger partial charge in [0.25, 0.3) is 0 Å². The molecular weight excluding hydrogens is 509 g/mol. The molecular formula is C29H32FN9O. The van der Waals surface area contributed by atoms with Crippen LogP contribution in [0.15, 0.2) is 73.2 Å². The molecule has 0 atom stereocenters. The van der Waals surface area contributed by atoms with Crippen LogP contribution >= 0.6 is 0 Å². The number of pyridine rings is 2. The average molecular weight is 542 g/mol. The van der Waals surface area contributed by atoms with Gasteiger partial charge in [0.15, 0.2) is 0 Å². The van der Waals surface area contributed by atoms with Gasteiger partial charge in [0.2, 0.25) is 11.9 Å². The van der Waals surface area contributed by atoms with E-state index >= 15 is 0 Å². The molecule has 4 aromatic rings. The molecule has 5 rings (SSSR count). The van der Waals surface area contributed by atoms with Crippen LogP contribution in [0, 0.1) is 0 Å². The van der Waals surface area contributed by atoms with Gasteiger partial charge in [0.05, 0.1) is 23.6 Å². The second-order valence-electron chi connectivity index (χ2n) is 9.87. The summed E-state index contributed by atoms with van der Waals surface area (Å²) in [6.45, 7) is 2.47. The van der Waals surface area contributed by atoms with Crippen LogP contribution in [0.2, 0.25) is 0 Å². The van der Waals surface area contributed by atoms with Gasteiger partial charge in [-0.1, -0.05) is 18.2 Å². The van der Waals surface area contributed by atoms with Gasteiger partial charge in [-0.25, -0.2) is 19.3 Å². The molecule has 0 unspecified atom stereocenters. The Labute approximate surface area is 232 Å². The molecule has 0 radical (unpaired) electrons. The van der Waals surface area contributed by atoms with Crippen molar-refractivity contribution in [2.45, 2.75) is 6.04 Å². The highest BCUT2D eigenvalue weighted by Gasteiger charge is 2.26. The number of benzene rings is 1. The molecule has 206 valence electrons. The van der Waals surface area contributed by atoms with Gasteiger partial charge in [-0.3, -0.25) is 14.7 Å². The molecule has 1 aromatic carbocycles. The third-order valence-corrected chi connectivity index (χ3v) is 6.37. The quantitative estimate of drug-likeness (QED) is 0.243. The van der Waals surface area contributed by atoms with E-state index in [0.717, 1.165) is 35.5 Å². The van der Waals surface area contributed by atoms with Crippen molar-refractivity contribution in [3.63, 3.8) is 0 Å². The summed E-state index contributed by atoms with van der Waals surface area (Å²) in [6, 6.07) is 13.5. The number of likely N-dealkylation sites (N-methyl/N-ethyl adjacent to an activating group) is 1. The average Bonchev–Trinajstić information content (AvgIpc) is 2.92. The highest BCUT2D eigenvalue weighted by atomic mass is 19.1. The van der Waals surface area contributed by atoms with Crippen molar-refractivity contribution in [3.05, 3.63) is 73.2 Å². The molecule has 0 saturated carbocycles. The Balaban J connectivity index is 1.28. The van der Waals surface area contributed by atoms with Crippen molar-refractivity contribution in [1.29, 1.82) is 0 Å². The van der Waals surface area contributed by atoms with E-state index in [0.29, 0.717) is 35.9 Å². The van der Waals surface area contributed by atoms with Crippen LogP contribution in [0.1, 0.15) is 0 Å². The van der Waals surface area contributed by atoms with Crippen molar-refractivity contribution < 1.29 is 9.18 Å². The number of halogens is 1. The van der Waals surface area contributed by atoms with Crippen LogP contribution in [0.5, 0.6) is 0 Å². The summed E-state index contributed by atoms with van der Waals surface area (Å²) in [5, 5.41) is 10.3. The minimum atomic E-state index is -0.320. The molecule has 0 aliphatic carbocycles. The standard InChI is InChI=1S/C29H32FN9O/c1-38(2)13-4-7-26(40)35-22-6-3-5-20(15-22)27-28-21(10-12-31-27)16-33-29(37-28)36-23-8-9-25(32-17-23)34-24-18-39(19-24)14-11-30/h3-10,12,15-17,24H,11,13-14,18-19H2,1-2H3,(H,32,34)(H,35,40)(H,33,36,37)/b7-4+. The van der Waals surface area contributed by atoms with Gasteiger partial charge in [-0.15, -0.1) is 0 Å². The van der Waals surface area contributed by atoms with Gasteiger partial charge in [0, 0.05) is 61.3 Å². The first-order valence-corrected chi connectivity index (χ1v) is 13.1. The van der Waals surface area contributed by atoms with E-state index in [9.17, 15) is 9.18 Å². The van der Waals surface area contributed by atoms with Crippen LogP contribution in [0.25, 0.3) is 22.2 Å². The van der Waals surface area contributed by atoms with Crippen molar-refractivity contribution in [2.24, 2.45) is 0 Å². The molecule has 0 bridgehead atoms. The van der Waals surface area contributed by atoms with E-state index in [2.05, 4.69) is 35.8 Å². The number of alkyl halides is 1. The number of anilines is 4. The first kappa shape index (κ1) is 27.1. The molecule has 1 amide bonds. The maximum atomic E-state index is 12.4. The molecule has 3 aromatic heterocycles. The summed E-state index contributed by atoms with van der Waals surface area (Å²) in [5.41, 5.74) is 3.60. The van der Waals surface area contributed by atoms with Gasteiger partial charge >= 0.3 is 0 Å². The van der Waals surface area contributed by atoms with Crippen molar-refractivity contribution in [1.82, 2.24) is 29.7 Å². The summed E-state index contributed by atoms with van der Waals surface area (Å²) in [7, 11) is 3.89. The summed E-state index contributed by atoms with van der Waals surface area (Å²) < 4.78 is 12.4. The highest BCUT2D eigenvalue weighted by molar-refractivity contribution is 6.00. The summed E-state index contributed by atoms with van der Waals surface area (Å²) >= 11 is 0. The number of fused-ring (bicyclic) bond motifs is 1. The molecule has 1 fully saturated rings. The molecule has 1 aliphatic rings. The monoisotopic (exact) mass is 541 g/mol. The van der Waals surface area contributed by atoms with Crippen LogP contribution in [0.3, 0.4) is 0 Å². The zero-order valence-corrected chi connectivity index (χ0v) is 22.5. The van der Waals surface area contributed by atoms with Crippen LogP contribution in [-0.2, 0) is 4.79 Å². The molecule has 1 saturated heterocycles. The van der Waals surface area contributed by atoms with E-state index < -0.39 is 0 Å². The summed E-state index contributed by atoms with van der Waals surface area (Å²) in [4.78, 5) is 34.6. The lowest BCUT2D eigenvalue weighted by Gasteiger charge is -2.39. The zero-order chi connectivity index (χ0) is 27.9. The number of rotatable bonds is 11. The fraction of sp³-hybridized carbons (Fsp3) is 0.276. The van der Waals surface area contributed by atoms with E-state index in [1.165, 1.54) is 6.08 Å². The third-order valence-electron chi connectivity index (χ3n) is 6.37. The molecule has 4 heterocycles. The van der Waals surface area contributed by atoms with Gasteiger partial charge in [0.1, 0.15) is 18.0 Å². The van der Waals surface area contributed by atoms with Crippen LogP contribution < -0.4 is 16.0 Å². The largest absolute Gasteiger partial charge is 0.365 e. The lowest BCUT2D eigenvalue weighted by molar-refractivity contribution is -0.111.